The molecule has 1 amide bonds. The predicted molar refractivity (Wildman–Crippen MR) is 160 cm³/mol. The van der Waals surface area contributed by atoms with Crippen LogP contribution in [0.25, 0.3) is 6.08 Å². The third kappa shape index (κ3) is 7.40. The number of hydrogen-bond acceptors (Lipinski definition) is 9. The Labute approximate surface area is 242 Å². The maximum atomic E-state index is 14.0. The molecule has 2 N–H and O–H groups in total. The Balaban J connectivity index is 1.56. The van der Waals surface area contributed by atoms with Crippen molar-refractivity contribution in [3.63, 3.8) is 0 Å². The fourth-order valence-corrected chi connectivity index (χ4v) is 4.18. The Morgan fingerprint density at radius 2 is 1.79 bits per heavy atom. The molecule has 3 aromatic rings. The highest BCUT2D eigenvalue weighted by molar-refractivity contribution is 6.05. The lowest BCUT2D eigenvalue weighted by Crippen LogP contribution is -2.33. The van der Waals surface area contributed by atoms with Crippen molar-refractivity contribution >= 4 is 41.3 Å². The number of rotatable bonds is 9. The summed E-state index contributed by atoms with van der Waals surface area (Å²) in [6, 6.07) is 8.83. The molecule has 10 nitrogen and oxygen atoms in total. The number of fused-ring (bicyclic) bond motifs is 1. The van der Waals surface area contributed by atoms with Gasteiger partial charge in [-0.15, -0.1) is 0 Å². The van der Waals surface area contributed by atoms with Gasteiger partial charge in [0.25, 0.3) is 5.91 Å². The van der Waals surface area contributed by atoms with Crippen molar-refractivity contribution in [2.75, 3.05) is 68.8 Å². The molecule has 0 fully saturated rings. The van der Waals surface area contributed by atoms with Crippen molar-refractivity contribution in [1.29, 1.82) is 0 Å². The second-order valence-electron chi connectivity index (χ2n) is 10.4. The highest BCUT2D eigenvalue weighted by atomic mass is 19.4. The summed E-state index contributed by atoms with van der Waals surface area (Å²) in [6.45, 7) is 2.87. The van der Waals surface area contributed by atoms with Gasteiger partial charge in [0.2, 0.25) is 5.95 Å². The van der Waals surface area contributed by atoms with Crippen LogP contribution < -0.4 is 31.1 Å². The zero-order chi connectivity index (χ0) is 30.6. The third-order valence-corrected chi connectivity index (χ3v) is 6.58. The SMILES string of the molecule is Cc1ccc(C(=O)Nc2ccc(N(C)CCN(C)C)c(C(F)(F)F)c2)cc1NC1C=c2nc(N(C)C)ncc2=NC=N1. The number of halogens is 3. The van der Waals surface area contributed by atoms with E-state index in [2.05, 4.69) is 30.6 Å². The Morgan fingerprint density at radius 3 is 2.48 bits per heavy atom. The van der Waals surface area contributed by atoms with Gasteiger partial charge >= 0.3 is 6.18 Å². The third-order valence-electron chi connectivity index (χ3n) is 6.58. The van der Waals surface area contributed by atoms with Crippen molar-refractivity contribution in [3.8, 4) is 0 Å². The molecule has 1 aliphatic heterocycles. The van der Waals surface area contributed by atoms with Crippen LogP contribution in [0.5, 0.6) is 0 Å². The van der Waals surface area contributed by atoms with Gasteiger partial charge in [0.15, 0.2) is 0 Å². The van der Waals surface area contributed by atoms with Crippen molar-refractivity contribution in [2.45, 2.75) is 19.3 Å². The molecule has 0 radical (unpaired) electrons. The molecule has 1 aliphatic rings. The van der Waals surface area contributed by atoms with Crippen molar-refractivity contribution < 1.29 is 18.0 Å². The number of alkyl halides is 3. The number of anilines is 4. The summed E-state index contributed by atoms with van der Waals surface area (Å²) in [7, 11) is 9.01. The van der Waals surface area contributed by atoms with Gasteiger partial charge < -0.3 is 25.3 Å². The van der Waals surface area contributed by atoms with E-state index in [0.29, 0.717) is 35.4 Å². The first kappa shape index (κ1) is 30.4. The van der Waals surface area contributed by atoms with Crippen LogP contribution in [0, 0.1) is 6.92 Å². The molecule has 1 aromatic heterocycles. The Hall–Kier alpha value is -4.52. The summed E-state index contributed by atoms with van der Waals surface area (Å²) in [5.41, 5.74) is 1.01. The summed E-state index contributed by atoms with van der Waals surface area (Å²) < 4.78 is 41.9. The molecule has 1 unspecified atom stereocenters. The number of hydrogen-bond donors (Lipinski definition) is 2. The Bertz CT molecular complexity index is 1600. The number of aliphatic imine (C=N–C) groups is 1. The number of aromatic nitrogens is 2. The summed E-state index contributed by atoms with van der Waals surface area (Å²) in [4.78, 5) is 35.9. The monoisotopic (exact) mass is 581 g/mol. The molecule has 222 valence electrons. The second-order valence-corrected chi connectivity index (χ2v) is 10.4. The van der Waals surface area contributed by atoms with Crippen LogP contribution >= 0.6 is 0 Å². The van der Waals surface area contributed by atoms with Crippen LogP contribution in [0.2, 0.25) is 0 Å². The second kappa shape index (κ2) is 12.6. The van der Waals surface area contributed by atoms with Crippen LogP contribution in [0.15, 0.2) is 52.6 Å². The molecule has 2 heterocycles. The van der Waals surface area contributed by atoms with E-state index >= 15 is 0 Å². The number of carbonyl (C=O) groups is 1. The molecule has 13 heteroatoms. The average Bonchev–Trinajstić information content (AvgIpc) is 3.13. The van der Waals surface area contributed by atoms with Crippen LogP contribution in [0.1, 0.15) is 21.5 Å². The number of amides is 1. The first-order valence-electron chi connectivity index (χ1n) is 13.2. The van der Waals surface area contributed by atoms with Crippen LogP contribution in [-0.2, 0) is 6.18 Å². The predicted octanol–water partition coefficient (Wildman–Crippen LogP) is 3.00. The van der Waals surface area contributed by atoms with Gasteiger partial charge in [0.1, 0.15) is 17.9 Å². The van der Waals surface area contributed by atoms with Gasteiger partial charge in [0, 0.05) is 56.9 Å². The number of carbonyl (C=O) groups excluding carboxylic acids is 1. The summed E-state index contributed by atoms with van der Waals surface area (Å²) in [5, 5.41) is 7.07. The normalized spacial score (nSPS) is 14.4. The first-order valence-corrected chi connectivity index (χ1v) is 13.2. The number of likely N-dealkylation sites (N-methyl/N-ethyl adjacent to an activating group) is 2. The number of benzene rings is 2. The minimum absolute atomic E-state index is 0.0423. The molecule has 0 bridgehead atoms. The highest BCUT2D eigenvalue weighted by Gasteiger charge is 2.35. The molecule has 0 aliphatic carbocycles. The Morgan fingerprint density at radius 1 is 1.02 bits per heavy atom. The van der Waals surface area contributed by atoms with E-state index < -0.39 is 23.8 Å². The van der Waals surface area contributed by atoms with E-state index in [1.165, 1.54) is 18.5 Å². The summed E-state index contributed by atoms with van der Waals surface area (Å²) >= 11 is 0. The zero-order valence-corrected chi connectivity index (χ0v) is 24.4. The van der Waals surface area contributed by atoms with Crippen LogP contribution in [-0.4, -0.2) is 81.6 Å². The molecule has 0 saturated carbocycles. The molecule has 0 saturated heterocycles. The van der Waals surface area contributed by atoms with E-state index in [4.69, 9.17) is 0 Å². The fraction of sp³-hybridized carbons (Fsp3) is 0.345. The van der Waals surface area contributed by atoms with E-state index in [1.54, 1.807) is 47.3 Å². The molecule has 0 spiro atoms. The highest BCUT2D eigenvalue weighted by Crippen LogP contribution is 2.38. The van der Waals surface area contributed by atoms with Gasteiger partial charge in [-0.05, 0) is 63.0 Å². The van der Waals surface area contributed by atoms with Gasteiger partial charge in [-0.25, -0.2) is 20.0 Å². The van der Waals surface area contributed by atoms with Gasteiger partial charge in [-0.3, -0.25) is 4.79 Å². The maximum Gasteiger partial charge on any atom is 0.418 e. The standard InChI is InChI=1S/C29H34F3N9O/c1-18-7-8-19(13-22(18)37-26-15-23-24(34-17-35-26)16-33-28(38-23)40(4)5)27(42)36-20-9-10-25(21(14-20)29(30,31)32)41(6)12-11-39(2)3/h7-10,13-17,26,37H,11-12H2,1-6H3,(H,36,42). The lowest BCUT2D eigenvalue weighted by atomic mass is 10.1. The van der Waals surface area contributed by atoms with E-state index in [-0.39, 0.29) is 16.9 Å². The fourth-order valence-electron chi connectivity index (χ4n) is 4.18. The van der Waals surface area contributed by atoms with Crippen LogP contribution in [0.4, 0.5) is 36.2 Å². The quantitative estimate of drug-likeness (QED) is 0.401. The zero-order valence-electron chi connectivity index (χ0n) is 24.4. The molecular formula is C29H34F3N9O. The van der Waals surface area contributed by atoms with Gasteiger partial charge in [0.05, 0.1) is 17.1 Å². The lowest BCUT2D eigenvalue weighted by molar-refractivity contribution is -0.137. The smallest absolute Gasteiger partial charge is 0.373 e. The summed E-state index contributed by atoms with van der Waals surface area (Å²) in [5.74, 6) is -0.0189. The topological polar surface area (TPSA) is 101 Å². The maximum absolute atomic E-state index is 14.0. The molecular weight excluding hydrogens is 547 g/mol. The largest absolute Gasteiger partial charge is 0.418 e. The average molecular weight is 582 g/mol. The van der Waals surface area contributed by atoms with Gasteiger partial charge in [-0.2, -0.15) is 13.2 Å². The number of nitrogens with one attached hydrogen (secondary N) is 2. The van der Waals surface area contributed by atoms with E-state index in [1.807, 2.05) is 40.0 Å². The molecule has 1 atom stereocenters. The lowest BCUT2D eigenvalue weighted by Gasteiger charge is -2.25. The van der Waals surface area contributed by atoms with Crippen molar-refractivity contribution in [2.24, 2.45) is 9.98 Å². The van der Waals surface area contributed by atoms with Crippen LogP contribution in [0.3, 0.4) is 0 Å². The Kier molecular flexibility index (Phi) is 9.10. The van der Waals surface area contributed by atoms with Crippen molar-refractivity contribution in [1.82, 2.24) is 14.9 Å². The summed E-state index contributed by atoms with van der Waals surface area (Å²) in [6.07, 6.45) is -0.286. The van der Waals surface area contributed by atoms with E-state index in [0.717, 1.165) is 11.6 Å². The minimum Gasteiger partial charge on any atom is -0.373 e. The number of aryl methyl sites for hydroxylation is 1. The van der Waals surface area contributed by atoms with Gasteiger partial charge in [-0.1, -0.05) is 6.07 Å². The molecule has 4 rings (SSSR count). The number of nitrogens with zero attached hydrogens (tertiary/aromatic N) is 7. The molecule has 2 aromatic carbocycles. The molecule has 42 heavy (non-hydrogen) atoms. The first-order chi connectivity index (χ1) is 19.8. The van der Waals surface area contributed by atoms with E-state index in [9.17, 15) is 18.0 Å². The van der Waals surface area contributed by atoms with Crippen molar-refractivity contribution in [3.05, 3.63) is 70.0 Å². The minimum atomic E-state index is -4.59.